The van der Waals surface area contributed by atoms with Gasteiger partial charge in [-0.15, -0.1) is 0 Å². The molecule has 0 bridgehead atoms. The van der Waals surface area contributed by atoms with Gasteiger partial charge in [-0.05, 0) is 43.8 Å². The van der Waals surface area contributed by atoms with Crippen molar-refractivity contribution >= 4 is 12.1 Å². The number of methoxy groups -OCH3 is 1. The number of amides is 1. The van der Waals surface area contributed by atoms with Crippen LogP contribution in [0.5, 0.6) is 0 Å². The molecule has 0 saturated heterocycles. The minimum Gasteiger partial charge on any atom is -0.368 e. The summed E-state index contributed by atoms with van der Waals surface area (Å²) in [6.45, 7) is 7.02. The second-order valence-corrected chi connectivity index (χ2v) is 7.90. The molecule has 0 aliphatic carbocycles. The minimum atomic E-state index is -4.53. The molecule has 0 aliphatic heterocycles. The molecule has 0 aliphatic rings. The molecule has 0 rings (SSSR count). The highest BCUT2D eigenvalue weighted by Crippen LogP contribution is 2.26. The van der Waals surface area contributed by atoms with Gasteiger partial charge in [0.25, 0.3) is 5.91 Å². The third kappa shape index (κ3) is 19.2. The Morgan fingerprint density at radius 2 is 1.87 bits per heavy atom. The van der Waals surface area contributed by atoms with E-state index in [0.29, 0.717) is 30.3 Å². The van der Waals surface area contributed by atoms with Crippen LogP contribution in [0.3, 0.4) is 0 Å². The van der Waals surface area contributed by atoms with Crippen molar-refractivity contribution in [3.8, 4) is 0 Å². The lowest BCUT2D eigenvalue weighted by Crippen LogP contribution is -2.24. The molecule has 2 N–H and O–H groups in total. The number of hydrogen-bond donors (Lipinski definition) is 2. The minimum absolute atomic E-state index is 0.106. The third-order valence-corrected chi connectivity index (χ3v) is 4.89. The van der Waals surface area contributed by atoms with Gasteiger partial charge in [-0.3, -0.25) is 9.79 Å². The van der Waals surface area contributed by atoms with Crippen LogP contribution >= 0.6 is 0 Å². The van der Waals surface area contributed by atoms with E-state index < -0.39 is 23.9 Å². The number of unbranched alkanes of at least 4 members (excludes halogenated alkanes) is 2. The number of halogens is 4. The van der Waals surface area contributed by atoms with Crippen LogP contribution in [0.1, 0.15) is 32.1 Å². The fourth-order valence-corrected chi connectivity index (χ4v) is 2.87. The smallest absolute Gasteiger partial charge is 0.368 e. The third-order valence-electron chi connectivity index (χ3n) is 4.89. The molecule has 1 amide bonds. The number of aliphatic hydroxyl groups is 1. The first-order chi connectivity index (χ1) is 18.7. The first-order valence-electron chi connectivity index (χ1n) is 12.4. The van der Waals surface area contributed by atoms with E-state index in [1.54, 1.807) is 18.2 Å². The van der Waals surface area contributed by atoms with Crippen LogP contribution in [0.4, 0.5) is 17.6 Å². The van der Waals surface area contributed by atoms with Crippen LogP contribution in [0.2, 0.25) is 0 Å². The van der Waals surface area contributed by atoms with Crippen LogP contribution in [0, 0.1) is 0 Å². The fraction of sp³-hybridized carbons (Fsp3) is 0.333. The first kappa shape index (κ1) is 35.4. The van der Waals surface area contributed by atoms with Gasteiger partial charge < -0.3 is 15.2 Å². The van der Waals surface area contributed by atoms with Gasteiger partial charge in [0.15, 0.2) is 6.29 Å². The highest BCUT2D eigenvalue weighted by atomic mass is 19.4. The number of rotatable bonds is 19. The van der Waals surface area contributed by atoms with Crippen LogP contribution in [0.25, 0.3) is 0 Å². The van der Waals surface area contributed by atoms with Crippen molar-refractivity contribution in [1.82, 2.24) is 5.32 Å². The largest absolute Gasteiger partial charge is 0.416 e. The molecule has 0 aromatic heterocycles. The predicted octanol–water partition coefficient (Wildman–Crippen LogP) is 6.95. The van der Waals surface area contributed by atoms with Gasteiger partial charge in [0.1, 0.15) is 0 Å². The molecule has 0 aromatic carbocycles. The molecule has 1 atom stereocenters. The van der Waals surface area contributed by atoms with E-state index in [4.69, 9.17) is 4.74 Å². The van der Waals surface area contributed by atoms with Gasteiger partial charge in [0.2, 0.25) is 0 Å². The maximum Gasteiger partial charge on any atom is 0.416 e. The molecule has 5 nitrogen and oxygen atoms in total. The van der Waals surface area contributed by atoms with Crippen molar-refractivity contribution in [2.24, 2.45) is 4.99 Å². The average Bonchev–Trinajstić information content (AvgIpc) is 2.91. The van der Waals surface area contributed by atoms with E-state index in [9.17, 15) is 27.5 Å². The second kappa shape index (κ2) is 22.4. The molecular formula is C30H38F4N2O3. The molecule has 9 heteroatoms. The monoisotopic (exact) mass is 550 g/mol. The van der Waals surface area contributed by atoms with Crippen molar-refractivity contribution in [2.75, 3.05) is 20.2 Å². The number of nitrogens with one attached hydrogen (secondary N) is 1. The Morgan fingerprint density at radius 3 is 2.51 bits per heavy atom. The summed E-state index contributed by atoms with van der Waals surface area (Å²) in [5.41, 5.74) is 0.0456. The van der Waals surface area contributed by atoms with Gasteiger partial charge in [-0.1, -0.05) is 80.0 Å². The molecule has 0 aromatic rings. The van der Waals surface area contributed by atoms with E-state index in [-0.39, 0.29) is 13.1 Å². The summed E-state index contributed by atoms with van der Waals surface area (Å²) in [7, 11) is 1.45. The molecule has 214 valence electrons. The maximum absolute atomic E-state index is 12.9. The van der Waals surface area contributed by atoms with Crippen molar-refractivity contribution in [1.29, 1.82) is 0 Å². The molecule has 1 unspecified atom stereocenters. The molecule has 0 spiro atoms. The lowest BCUT2D eigenvalue weighted by Gasteiger charge is -2.07. The molecular weight excluding hydrogens is 512 g/mol. The topological polar surface area (TPSA) is 70.9 Å². The van der Waals surface area contributed by atoms with Gasteiger partial charge in [0, 0.05) is 25.4 Å². The van der Waals surface area contributed by atoms with Crippen LogP contribution in [-0.4, -0.2) is 49.9 Å². The van der Waals surface area contributed by atoms with Gasteiger partial charge >= 0.3 is 6.18 Å². The van der Waals surface area contributed by atoms with Crippen molar-refractivity contribution < 1.29 is 32.2 Å². The molecule has 0 radical (unpaired) electrons. The highest BCUT2D eigenvalue weighted by Gasteiger charge is 2.30. The zero-order chi connectivity index (χ0) is 29.4. The normalized spacial score (nSPS) is 14.9. The molecule has 0 heterocycles. The summed E-state index contributed by atoms with van der Waals surface area (Å²) in [4.78, 5) is 16.8. The SMILES string of the molecule is C=C/C=C(\C=C\CNC(=O)C(/C=C\C/N=C/C(C=C)=C/C=C/F)=C/C/C=C/CCCCC(O)OC)C(F)(F)F. The maximum atomic E-state index is 12.9. The zero-order valence-electron chi connectivity index (χ0n) is 22.2. The Morgan fingerprint density at radius 1 is 1.10 bits per heavy atom. The van der Waals surface area contributed by atoms with Gasteiger partial charge in [0.05, 0.1) is 18.4 Å². The van der Waals surface area contributed by atoms with Crippen molar-refractivity contribution in [3.05, 3.63) is 109 Å². The fourth-order valence-electron chi connectivity index (χ4n) is 2.87. The van der Waals surface area contributed by atoms with Crippen molar-refractivity contribution in [3.63, 3.8) is 0 Å². The predicted molar refractivity (Wildman–Crippen MR) is 151 cm³/mol. The number of allylic oxidation sites excluding steroid dienone is 11. The number of aliphatic hydroxyl groups excluding tert-OH is 1. The highest BCUT2D eigenvalue weighted by molar-refractivity contribution is 5.96. The summed E-state index contributed by atoms with van der Waals surface area (Å²) in [6.07, 6.45) is 17.1. The van der Waals surface area contributed by atoms with E-state index in [1.807, 2.05) is 12.2 Å². The summed E-state index contributed by atoms with van der Waals surface area (Å²) in [5, 5.41) is 11.9. The number of carbonyl (C=O) groups excluding carboxylic acids is 1. The van der Waals surface area contributed by atoms with E-state index in [1.165, 1.54) is 37.6 Å². The van der Waals surface area contributed by atoms with Gasteiger partial charge in [-0.2, -0.15) is 13.2 Å². The Balaban J connectivity index is 5.22. The lowest BCUT2D eigenvalue weighted by molar-refractivity contribution is -0.117. The number of alkyl halides is 3. The number of hydrogen-bond acceptors (Lipinski definition) is 4. The number of ether oxygens (including phenoxy) is 1. The Kier molecular flexibility index (Phi) is 20.4. The van der Waals surface area contributed by atoms with Crippen LogP contribution in [-0.2, 0) is 9.53 Å². The number of carbonyl (C=O) groups is 1. The second-order valence-electron chi connectivity index (χ2n) is 7.90. The molecule has 0 fully saturated rings. The quantitative estimate of drug-likeness (QED) is 0.0348. The summed E-state index contributed by atoms with van der Waals surface area (Å²) in [5.74, 6) is -0.456. The van der Waals surface area contributed by atoms with E-state index in [2.05, 4.69) is 23.5 Å². The summed E-state index contributed by atoms with van der Waals surface area (Å²) >= 11 is 0. The Labute approximate surface area is 228 Å². The average molecular weight is 551 g/mol. The summed E-state index contributed by atoms with van der Waals surface area (Å²) in [6, 6.07) is 0. The number of aliphatic imine (C=N–C) groups is 1. The lowest BCUT2D eigenvalue weighted by atomic mass is 10.1. The first-order valence-corrected chi connectivity index (χ1v) is 12.4. The van der Waals surface area contributed by atoms with E-state index in [0.717, 1.165) is 37.5 Å². The summed E-state index contributed by atoms with van der Waals surface area (Å²) < 4.78 is 55.8. The molecule has 39 heavy (non-hydrogen) atoms. The van der Waals surface area contributed by atoms with Crippen molar-refractivity contribution in [2.45, 2.75) is 44.6 Å². The van der Waals surface area contributed by atoms with Crippen LogP contribution < -0.4 is 5.32 Å². The Bertz CT molecular complexity index is 985. The van der Waals surface area contributed by atoms with Gasteiger partial charge in [-0.25, -0.2) is 4.39 Å². The van der Waals surface area contributed by atoms with Crippen LogP contribution in [0.15, 0.2) is 114 Å². The molecule has 0 saturated carbocycles. The zero-order valence-corrected chi connectivity index (χ0v) is 22.2. The standard InChI is InChI=1S/C30H38F4N2O3/c1-4-15-27(30(32,33)34)19-14-23-36-29(38)26(17-10-8-6-7-9-11-20-28(37)39-3)18-13-22-35-24-25(5-2)16-12-21-31/h4-6,8,12-19,21,24,28,37H,1-2,7,9-11,20,22-23H2,3H3,(H,36,38)/b8-6+,18-13-,19-14+,21-12+,25-16+,26-17+,27-15+,35-24+. The number of nitrogens with zero attached hydrogens (tertiary/aromatic N) is 1. The Hall–Kier alpha value is -3.56. The van der Waals surface area contributed by atoms with E-state index >= 15 is 0 Å².